The summed E-state index contributed by atoms with van der Waals surface area (Å²) in [5, 5.41) is 3.17. The van der Waals surface area contributed by atoms with Crippen LogP contribution >= 0.6 is 22.9 Å². The Morgan fingerprint density at radius 1 is 1.00 bits per heavy atom. The number of benzene rings is 2. The second-order valence-electron chi connectivity index (χ2n) is 8.02. The van der Waals surface area contributed by atoms with Gasteiger partial charge in [-0.3, -0.25) is 4.79 Å². The van der Waals surface area contributed by atoms with Crippen molar-refractivity contribution in [2.24, 2.45) is 0 Å². The normalized spacial score (nSPS) is 17.6. The van der Waals surface area contributed by atoms with Crippen molar-refractivity contribution in [2.75, 3.05) is 13.1 Å². The fourth-order valence-corrected chi connectivity index (χ4v) is 7.31. The average molecular weight is 489 g/mol. The molecule has 1 aliphatic heterocycles. The number of sulfonamides is 1. The molecule has 2 heterocycles. The first-order valence-electron chi connectivity index (χ1n) is 10.5. The fraction of sp³-hybridized carbons (Fsp3) is 0.292. The lowest BCUT2D eigenvalue weighted by Gasteiger charge is -2.41. The highest BCUT2D eigenvalue weighted by molar-refractivity contribution is 7.91. The number of piperidine rings is 1. The molecule has 168 valence electrons. The molecule has 0 radical (unpaired) electrons. The smallest absolute Gasteiger partial charge is 0.252 e. The van der Waals surface area contributed by atoms with Crippen LogP contribution in [0, 0.1) is 0 Å². The van der Waals surface area contributed by atoms with Gasteiger partial charge in [0.25, 0.3) is 10.0 Å². The van der Waals surface area contributed by atoms with Gasteiger partial charge >= 0.3 is 0 Å². The third kappa shape index (κ3) is 4.48. The van der Waals surface area contributed by atoms with Crippen LogP contribution in [0.2, 0.25) is 4.34 Å². The maximum atomic E-state index is 13.6. The first-order valence-corrected chi connectivity index (χ1v) is 13.1. The molecule has 1 saturated heterocycles. The van der Waals surface area contributed by atoms with E-state index in [9.17, 15) is 13.2 Å². The summed E-state index contributed by atoms with van der Waals surface area (Å²) in [6, 6.07) is 22.5. The van der Waals surface area contributed by atoms with E-state index in [-0.39, 0.29) is 29.2 Å². The number of halogens is 1. The fourth-order valence-electron chi connectivity index (χ4n) is 4.24. The Balaban J connectivity index is 1.58. The molecule has 4 rings (SSSR count). The number of carbonyl (C=O) groups is 1. The molecule has 0 spiro atoms. The predicted octanol–water partition coefficient (Wildman–Crippen LogP) is 5.00. The van der Waals surface area contributed by atoms with Crippen molar-refractivity contribution in [1.82, 2.24) is 9.62 Å². The number of carbonyl (C=O) groups excluding carboxylic acids is 1. The van der Waals surface area contributed by atoms with Gasteiger partial charge in [-0.05, 0) is 43.0 Å². The Bertz CT molecular complexity index is 1170. The summed E-state index contributed by atoms with van der Waals surface area (Å²) in [5.41, 5.74) is 1.15. The molecule has 1 atom stereocenters. The zero-order chi connectivity index (χ0) is 22.8. The number of amides is 1. The van der Waals surface area contributed by atoms with E-state index in [2.05, 4.69) is 5.32 Å². The molecule has 3 aromatic rings. The van der Waals surface area contributed by atoms with Crippen molar-refractivity contribution in [3.05, 3.63) is 88.3 Å². The number of hydrogen-bond donors (Lipinski definition) is 1. The molecule has 1 aliphatic rings. The highest BCUT2D eigenvalue weighted by atomic mass is 35.5. The third-order valence-electron chi connectivity index (χ3n) is 6.13. The van der Waals surface area contributed by atoms with Gasteiger partial charge in [-0.2, -0.15) is 4.31 Å². The standard InChI is InChI=1S/C24H25ClN2O3S2/c1-18(19-8-4-2-5-9-19)26-23(28)24(20-10-6-3-7-11-20)14-16-27(17-15-24)32(29,30)22-13-12-21(25)31-22/h2-13,18H,14-17H2,1H3,(H,26,28)/t18-/m0/s1. The Morgan fingerprint density at radius 3 is 2.16 bits per heavy atom. The molecule has 8 heteroatoms. The van der Waals surface area contributed by atoms with E-state index in [0.29, 0.717) is 17.2 Å². The first-order chi connectivity index (χ1) is 15.3. The van der Waals surface area contributed by atoms with Crippen LogP contribution in [0.5, 0.6) is 0 Å². The molecule has 32 heavy (non-hydrogen) atoms. The molecule has 1 amide bonds. The zero-order valence-corrected chi connectivity index (χ0v) is 20.1. The van der Waals surface area contributed by atoms with Crippen molar-refractivity contribution in [2.45, 2.75) is 35.4 Å². The van der Waals surface area contributed by atoms with Gasteiger partial charge < -0.3 is 5.32 Å². The maximum Gasteiger partial charge on any atom is 0.252 e. The lowest BCUT2D eigenvalue weighted by atomic mass is 9.72. The van der Waals surface area contributed by atoms with E-state index >= 15 is 0 Å². The molecule has 1 aromatic heterocycles. The van der Waals surface area contributed by atoms with Crippen LogP contribution in [0.4, 0.5) is 0 Å². The van der Waals surface area contributed by atoms with Gasteiger partial charge in [0, 0.05) is 13.1 Å². The summed E-state index contributed by atoms with van der Waals surface area (Å²) >= 11 is 7.01. The van der Waals surface area contributed by atoms with E-state index in [1.165, 1.54) is 10.4 Å². The summed E-state index contributed by atoms with van der Waals surface area (Å²) in [6.45, 7) is 2.49. The summed E-state index contributed by atoms with van der Waals surface area (Å²) < 4.78 is 28.2. The average Bonchev–Trinajstić information content (AvgIpc) is 3.27. The first kappa shape index (κ1) is 23.0. The van der Waals surface area contributed by atoms with Crippen molar-refractivity contribution in [1.29, 1.82) is 0 Å². The molecule has 5 nitrogen and oxygen atoms in total. The topological polar surface area (TPSA) is 66.5 Å². The number of nitrogens with one attached hydrogen (secondary N) is 1. The van der Waals surface area contributed by atoms with E-state index < -0.39 is 15.4 Å². The van der Waals surface area contributed by atoms with Crippen molar-refractivity contribution >= 4 is 38.9 Å². The predicted molar refractivity (Wildman–Crippen MR) is 128 cm³/mol. The van der Waals surface area contributed by atoms with E-state index in [1.54, 1.807) is 6.07 Å². The Morgan fingerprint density at radius 2 is 1.59 bits per heavy atom. The van der Waals surface area contributed by atoms with Gasteiger partial charge in [0.05, 0.1) is 15.8 Å². The number of rotatable bonds is 6. The van der Waals surface area contributed by atoms with Crippen molar-refractivity contribution in [3.63, 3.8) is 0 Å². The van der Waals surface area contributed by atoms with Crippen molar-refractivity contribution in [3.8, 4) is 0 Å². The minimum absolute atomic E-state index is 0.0729. The lowest BCUT2D eigenvalue weighted by molar-refractivity contribution is -0.129. The zero-order valence-electron chi connectivity index (χ0n) is 17.7. The second kappa shape index (κ2) is 9.35. The number of hydrogen-bond acceptors (Lipinski definition) is 4. The van der Waals surface area contributed by atoms with Crippen LogP contribution in [0.3, 0.4) is 0 Å². The van der Waals surface area contributed by atoms with Crippen LogP contribution in [0.15, 0.2) is 77.0 Å². The largest absolute Gasteiger partial charge is 0.349 e. The van der Waals surface area contributed by atoms with E-state index in [4.69, 9.17) is 11.6 Å². The Kier molecular flexibility index (Phi) is 6.72. The van der Waals surface area contributed by atoms with Crippen LogP contribution < -0.4 is 5.32 Å². The molecule has 1 N–H and O–H groups in total. The SMILES string of the molecule is C[C@H](NC(=O)C1(c2ccccc2)CCN(S(=O)(=O)c2ccc(Cl)s2)CC1)c1ccccc1. The molecule has 0 saturated carbocycles. The quantitative estimate of drug-likeness (QED) is 0.530. The van der Waals surface area contributed by atoms with Gasteiger partial charge in [0.1, 0.15) is 4.21 Å². The van der Waals surface area contributed by atoms with E-state index in [1.807, 2.05) is 67.6 Å². The molecule has 1 fully saturated rings. The Hall–Kier alpha value is -2.19. The van der Waals surface area contributed by atoms with Crippen LogP contribution in [-0.2, 0) is 20.2 Å². The van der Waals surface area contributed by atoms with Crippen LogP contribution in [0.25, 0.3) is 0 Å². The summed E-state index contributed by atoms with van der Waals surface area (Å²) in [6.07, 6.45) is 0.811. The maximum absolute atomic E-state index is 13.6. The monoisotopic (exact) mass is 488 g/mol. The van der Waals surface area contributed by atoms with Gasteiger partial charge in [-0.25, -0.2) is 8.42 Å². The minimum atomic E-state index is -3.63. The van der Waals surface area contributed by atoms with Crippen LogP contribution in [-0.4, -0.2) is 31.7 Å². The van der Waals surface area contributed by atoms with Gasteiger partial charge in [0.15, 0.2) is 0 Å². The second-order valence-corrected chi connectivity index (χ2v) is 11.9. The Labute approximate surface area is 198 Å². The lowest BCUT2D eigenvalue weighted by Crippen LogP contribution is -2.53. The van der Waals surface area contributed by atoms with Gasteiger partial charge in [-0.15, -0.1) is 11.3 Å². The number of nitrogens with zero attached hydrogens (tertiary/aromatic N) is 1. The van der Waals surface area contributed by atoms with Gasteiger partial charge in [-0.1, -0.05) is 72.3 Å². The van der Waals surface area contributed by atoms with Crippen molar-refractivity contribution < 1.29 is 13.2 Å². The van der Waals surface area contributed by atoms with Crippen LogP contribution in [0.1, 0.15) is 36.9 Å². The summed E-state index contributed by atoms with van der Waals surface area (Å²) in [4.78, 5) is 13.6. The molecule has 0 bridgehead atoms. The molecular formula is C24H25ClN2O3S2. The summed E-state index contributed by atoms with van der Waals surface area (Å²) in [7, 11) is -3.63. The number of thiophene rings is 1. The molecular weight excluding hydrogens is 464 g/mol. The highest BCUT2D eigenvalue weighted by Crippen LogP contribution is 2.39. The van der Waals surface area contributed by atoms with Gasteiger partial charge in [0.2, 0.25) is 5.91 Å². The van der Waals surface area contributed by atoms with E-state index in [0.717, 1.165) is 22.5 Å². The molecule has 2 aromatic carbocycles. The molecule has 0 unspecified atom stereocenters. The highest BCUT2D eigenvalue weighted by Gasteiger charge is 2.45. The molecule has 0 aliphatic carbocycles. The minimum Gasteiger partial charge on any atom is -0.349 e. The summed E-state index contributed by atoms with van der Waals surface area (Å²) in [5.74, 6) is -0.0729. The third-order valence-corrected chi connectivity index (χ3v) is 9.72.